The van der Waals surface area contributed by atoms with Crippen LogP contribution in [-0.2, 0) is 0 Å². The lowest BCUT2D eigenvalue weighted by Crippen LogP contribution is -2.48. The Balaban J connectivity index is 1.58. The third kappa shape index (κ3) is 3.46. The maximum absolute atomic E-state index is 11.8. The fourth-order valence-electron chi connectivity index (χ4n) is 2.30. The summed E-state index contributed by atoms with van der Waals surface area (Å²) in [6, 6.07) is 7.87. The van der Waals surface area contributed by atoms with Gasteiger partial charge in [0, 0.05) is 24.6 Å². The molecule has 2 amide bonds. The van der Waals surface area contributed by atoms with Crippen molar-refractivity contribution in [2.45, 2.75) is 0 Å². The van der Waals surface area contributed by atoms with Crippen molar-refractivity contribution in [2.75, 3.05) is 14.1 Å². The second-order valence-electron chi connectivity index (χ2n) is 5.22. The molecule has 0 saturated heterocycles. The SMILES string of the molecule is CN1[N]C(c2cccc(C3=CSC(=C4SC=CS4)S3)c2)=NN(C)C1=O. The van der Waals surface area contributed by atoms with Crippen molar-refractivity contribution in [2.24, 2.45) is 5.10 Å². The van der Waals surface area contributed by atoms with Crippen LogP contribution in [0.25, 0.3) is 4.91 Å². The van der Waals surface area contributed by atoms with Crippen LogP contribution in [0.2, 0.25) is 0 Å². The van der Waals surface area contributed by atoms with E-state index in [1.54, 1.807) is 61.1 Å². The predicted molar refractivity (Wildman–Crippen MR) is 111 cm³/mol. The summed E-state index contributed by atoms with van der Waals surface area (Å²) in [5, 5.41) is 13.3. The molecule has 9 heteroatoms. The van der Waals surface area contributed by atoms with Crippen LogP contribution in [0.3, 0.4) is 0 Å². The Kier molecular flexibility index (Phi) is 4.81. The van der Waals surface area contributed by atoms with E-state index in [9.17, 15) is 4.79 Å². The lowest BCUT2D eigenvalue weighted by Gasteiger charge is -2.26. The molecular weight excluding hydrogens is 392 g/mol. The number of hydrogen-bond acceptors (Lipinski definition) is 6. The zero-order valence-corrected chi connectivity index (χ0v) is 16.6. The second-order valence-corrected chi connectivity index (χ2v) is 9.50. The van der Waals surface area contributed by atoms with Crippen molar-refractivity contribution in [3.05, 3.63) is 60.1 Å². The van der Waals surface area contributed by atoms with Crippen molar-refractivity contribution < 1.29 is 4.79 Å². The third-order valence-corrected chi connectivity index (χ3v) is 8.57. The van der Waals surface area contributed by atoms with Gasteiger partial charge in [0.2, 0.25) is 0 Å². The molecule has 4 rings (SSSR count). The smallest absolute Gasteiger partial charge is 0.244 e. The van der Waals surface area contributed by atoms with E-state index in [0.717, 1.165) is 11.1 Å². The molecule has 3 aliphatic rings. The minimum Gasteiger partial charge on any atom is -0.244 e. The van der Waals surface area contributed by atoms with Crippen molar-refractivity contribution in [3.8, 4) is 0 Å². The lowest BCUT2D eigenvalue weighted by molar-refractivity contribution is 0.155. The van der Waals surface area contributed by atoms with Gasteiger partial charge >= 0.3 is 6.03 Å². The molecule has 0 aliphatic carbocycles. The van der Waals surface area contributed by atoms with Gasteiger partial charge in [0.05, 0.1) is 8.47 Å². The highest BCUT2D eigenvalue weighted by Gasteiger charge is 2.25. The first-order chi connectivity index (χ1) is 12.1. The molecule has 0 spiro atoms. The molecule has 1 aromatic rings. The van der Waals surface area contributed by atoms with Crippen LogP contribution in [0.5, 0.6) is 0 Å². The fourth-order valence-corrected chi connectivity index (χ4v) is 6.77. The standard InChI is InChI=1S/C16H13N4OS4/c1-19-16(21)20(2)18-13(17-19)11-5-3-4-10(8-11)12-9-24-15(25-12)14-22-6-7-23-14/h3-9H,1-2H3. The van der Waals surface area contributed by atoms with Crippen molar-refractivity contribution in [1.29, 1.82) is 0 Å². The number of thioether (sulfide) groups is 4. The number of rotatable bonds is 2. The second kappa shape index (κ2) is 7.06. The van der Waals surface area contributed by atoms with Gasteiger partial charge < -0.3 is 0 Å². The number of nitrogens with zero attached hydrogens (tertiary/aromatic N) is 4. The van der Waals surface area contributed by atoms with Crippen LogP contribution >= 0.6 is 47.0 Å². The highest BCUT2D eigenvalue weighted by atomic mass is 32.2. The largest absolute Gasteiger partial charge is 0.360 e. The summed E-state index contributed by atoms with van der Waals surface area (Å²) in [7, 11) is 3.26. The van der Waals surface area contributed by atoms with E-state index >= 15 is 0 Å². The number of amidine groups is 1. The van der Waals surface area contributed by atoms with Crippen LogP contribution in [0.1, 0.15) is 11.1 Å². The van der Waals surface area contributed by atoms with Crippen molar-refractivity contribution >= 4 is 63.8 Å². The summed E-state index contributed by atoms with van der Waals surface area (Å²) >= 11 is 7.11. The summed E-state index contributed by atoms with van der Waals surface area (Å²) in [5.41, 5.74) is 6.29. The summed E-state index contributed by atoms with van der Waals surface area (Å²) in [4.78, 5) is 13.0. The van der Waals surface area contributed by atoms with Crippen LogP contribution in [-0.4, -0.2) is 36.0 Å². The zero-order valence-electron chi connectivity index (χ0n) is 13.4. The number of amides is 2. The van der Waals surface area contributed by atoms with Gasteiger partial charge in [-0.15, -0.1) is 10.5 Å². The normalized spacial score (nSPS) is 20.2. The maximum atomic E-state index is 11.8. The van der Waals surface area contributed by atoms with E-state index in [0.29, 0.717) is 5.84 Å². The Morgan fingerprint density at radius 1 is 0.960 bits per heavy atom. The molecule has 0 bridgehead atoms. The van der Waals surface area contributed by atoms with E-state index in [-0.39, 0.29) is 6.03 Å². The minimum absolute atomic E-state index is 0.248. The van der Waals surface area contributed by atoms with Gasteiger partial charge in [-0.1, -0.05) is 65.2 Å². The van der Waals surface area contributed by atoms with E-state index in [1.807, 2.05) is 12.1 Å². The van der Waals surface area contributed by atoms with Gasteiger partial charge in [0.15, 0.2) is 5.84 Å². The van der Waals surface area contributed by atoms with Gasteiger partial charge in [-0.05, 0) is 27.9 Å². The Labute approximate surface area is 163 Å². The molecule has 0 atom stereocenters. The summed E-state index contributed by atoms with van der Waals surface area (Å²) in [6.07, 6.45) is 0. The fraction of sp³-hybridized carbons (Fsp3) is 0.125. The molecule has 1 radical (unpaired) electrons. The van der Waals surface area contributed by atoms with Crippen LogP contribution in [0.15, 0.2) is 54.1 Å². The number of benzene rings is 1. The highest BCUT2D eigenvalue weighted by Crippen LogP contribution is 2.55. The molecule has 3 heterocycles. The van der Waals surface area contributed by atoms with Crippen LogP contribution < -0.4 is 5.43 Å². The van der Waals surface area contributed by atoms with Gasteiger partial charge in [-0.3, -0.25) is 0 Å². The van der Waals surface area contributed by atoms with Crippen molar-refractivity contribution in [3.63, 3.8) is 0 Å². The molecular formula is C16H13N4OS4. The predicted octanol–water partition coefficient (Wildman–Crippen LogP) is 4.72. The Hall–Kier alpha value is -1.42. The first kappa shape index (κ1) is 17.0. The molecule has 127 valence electrons. The summed E-state index contributed by atoms with van der Waals surface area (Å²) in [6.45, 7) is 0. The topological polar surface area (TPSA) is 50.0 Å². The van der Waals surface area contributed by atoms with E-state index < -0.39 is 0 Å². The van der Waals surface area contributed by atoms with Gasteiger partial charge in [0.25, 0.3) is 0 Å². The summed E-state index contributed by atoms with van der Waals surface area (Å²) in [5.74, 6) is 0.535. The first-order valence-corrected chi connectivity index (χ1v) is 10.8. The van der Waals surface area contributed by atoms with Gasteiger partial charge in [-0.25, -0.2) is 14.8 Å². The molecule has 0 fully saturated rings. The van der Waals surface area contributed by atoms with E-state index in [4.69, 9.17) is 0 Å². The average molecular weight is 406 g/mol. The van der Waals surface area contributed by atoms with Crippen LogP contribution in [0.4, 0.5) is 4.79 Å². The van der Waals surface area contributed by atoms with E-state index in [1.165, 1.54) is 23.4 Å². The number of hydrazone groups is 1. The number of hydrogen-bond donors (Lipinski definition) is 0. The zero-order chi connectivity index (χ0) is 17.4. The number of carbonyl (C=O) groups excluding carboxylic acids is 1. The summed E-state index contributed by atoms with van der Waals surface area (Å²) < 4.78 is 2.66. The van der Waals surface area contributed by atoms with Gasteiger partial charge in [-0.2, -0.15) is 0 Å². The van der Waals surface area contributed by atoms with Crippen molar-refractivity contribution in [1.82, 2.24) is 15.4 Å². The maximum Gasteiger partial charge on any atom is 0.360 e. The number of urea groups is 1. The molecule has 0 N–H and O–H groups in total. The quantitative estimate of drug-likeness (QED) is 0.712. The molecule has 5 nitrogen and oxygen atoms in total. The minimum atomic E-state index is -0.248. The molecule has 0 saturated carbocycles. The molecule has 25 heavy (non-hydrogen) atoms. The number of carbonyl (C=O) groups is 1. The highest BCUT2D eigenvalue weighted by molar-refractivity contribution is 8.35. The third-order valence-electron chi connectivity index (χ3n) is 3.50. The molecule has 3 aliphatic heterocycles. The average Bonchev–Trinajstić information content (AvgIpc) is 3.30. The molecule has 0 unspecified atom stereocenters. The Bertz CT molecular complexity index is 851. The first-order valence-electron chi connectivity index (χ1n) is 7.31. The van der Waals surface area contributed by atoms with Gasteiger partial charge in [0.1, 0.15) is 0 Å². The lowest BCUT2D eigenvalue weighted by atomic mass is 10.1. The monoisotopic (exact) mass is 405 g/mol. The Morgan fingerprint density at radius 2 is 1.72 bits per heavy atom. The van der Waals surface area contributed by atoms with E-state index in [2.05, 4.69) is 38.9 Å². The molecule has 0 aromatic heterocycles. The van der Waals surface area contributed by atoms with Crippen LogP contribution in [0, 0.1) is 0 Å². The Morgan fingerprint density at radius 3 is 2.48 bits per heavy atom. The molecule has 1 aromatic carbocycles.